The van der Waals surface area contributed by atoms with E-state index in [1.807, 2.05) is 40.6 Å². The Morgan fingerprint density at radius 2 is 2.19 bits per heavy atom. The summed E-state index contributed by atoms with van der Waals surface area (Å²) in [6, 6.07) is 7.40. The van der Waals surface area contributed by atoms with Crippen molar-refractivity contribution in [3.05, 3.63) is 48.5 Å². The van der Waals surface area contributed by atoms with E-state index in [1.165, 1.54) is 0 Å². The van der Waals surface area contributed by atoms with Crippen molar-refractivity contribution in [2.75, 3.05) is 0 Å². The molecule has 3 aromatic rings. The number of benzene rings is 1. The topological polar surface area (TPSA) is 65.6 Å². The van der Waals surface area contributed by atoms with Crippen molar-refractivity contribution in [1.82, 2.24) is 24.5 Å². The molecule has 21 heavy (non-hydrogen) atoms. The minimum absolute atomic E-state index is 0.0327. The molecule has 0 aliphatic carbocycles. The minimum Gasteiger partial charge on any atom is -0.295 e. The SMILES string of the molecule is CCn1cc(-c2nncn2-c2cccc(C(C)=O)c2)cn1. The van der Waals surface area contributed by atoms with Gasteiger partial charge in [0.1, 0.15) is 6.33 Å². The number of hydrogen-bond acceptors (Lipinski definition) is 4. The van der Waals surface area contributed by atoms with Crippen LogP contribution in [0.25, 0.3) is 17.1 Å². The third-order valence-electron chi connectivity index (χ3n) is 3.29. The van der Waals surface area contributed by atoms with Crippen LogP contribution in [-0.2, 0) is 6.54 Å². The molecular formula is C15H15N5O. The molecule has 0 saturated carbocycles. The number of aromatic nitrogens is 5. The van der Waals surface area contributed by atoms with Crippen LogP contribution in [0.1, 0.15) is 24.2 Å². The maximum atomic E-state index is 11.5. The number of nitrogens with zero attached hydrogens (tertiary/aromatic N) is 5. The normalized spacial score (nSPS) is 10.8. The summed E-state index contributed by atoms with van der Waals surface area (Å²) < 4.78 is 3.68. The van der Waals surface area contributed by atoms with Crippen molar-refractivity contribution in [3.63, 3.8) is 0 Å². The van der Waals surface area contributed by atoms with E-state index in [0.717, 1.165) is 17.8 Å². The molecule has 106 valence electrons. The predicted octanol–water partition coefficient (Wildman–Crippen LogP) is 2.35. The molecule has 3 rings (SSSR count). The molecule has 0 atom stereocenters. The van der Waals surface area contributed by atoms with Crippen LogP contribution in [0, 0.1) is 0 Å². The van der Waals surface area contributed by atoms with Gasteiger partial charge in [-0.05, 0) is 26.0 Å². The maximum Gasteiger partial charge on any atom is 0.171 e. The van der Waals surface area contributed by atoms with Crippen molar-refractivity contribution in [1.29, 1.82) is 0 Å². The molecule has 0 amide bonds. The summed E-state index contributed by atoms with van der Waals surface area (Å²) in [7, 11) is 0. The Morgan fingerprint density at radius 3 is 2.90 bits per heavy atom. The fourth-order valence-electron chi connectivity index (χ4n) is 2.15. The Hall–Kier alpha value is -2.76. The molecule has 1 aromatic carbocycles. The largest absolute Gasteiger partial charge is 0.295 e. The fourth-order valence-corrected chi connectivity index (χ4v) is 2.15. The number of hydrogen-bond donors (Lipinski definition) is 0. The van der Waals surface area contributed by atoms with Gasteiger partial charge < -0.3 is 0 Å². The van der Waals surface area contributed by atoms with Gasteiger partial charge in [-0.25, -0.2) is 0 Å². The summed E-state index contributed by atoms with van der Waals surface area (Å²) in [4.78, 5) is 11.5. The zero-order valence-corrected chi connectivity index (χ0v) is 11.9. The number of ketones is 1. The molecule has 0 aliphatic heterocycles. The Labute approximate surface area is 122 Å². The van der Waals surface area contributed by atoms with Gasteiger partial charge in [0, 0.05) is 24.0 Å². The predicted molar refractivity (Wildman–Crippen MR) is 78.3 cm³/mol. The molecule has 0 fully saturated rings. The summed E-state index contributed by atoms with van der Waals surface area (Å²) in [6.45, 7) is 4.38. The summed E-state index contributed by atoms with van der Waals surface area (Å²) in [6.07, 6.45) is 5.33. The minimum atomic E-state index is 0.0327. The van der Waals surface area contributed by atoms with Gasteiger partial charge in [-0.2, -0.15) is 5.10 Å². The van der Waals surface area contributed by atoms with E-state index < -0.39 is 0 Å². The number of carbonyl (C=O) groups excluding carboxylic acids is 1. The van der Waals surface area contributed by atoms with Gasteiger partial charge in [-0.3, -0.25) is 14.0 Å². The molecule has 0 saturated heterocycles. The third kappa shape index (κ3) is 2.47. The standard InChI is InChI=1S/C15H15N5O/c1-3-19-9-13(8-17-19)15-18-16-10-20(15)14-6-4-5-12(7-14)11(2)21/h4-10H,3H2,1-2H3. The van der Waals surface area contributed by atoms with E-state index in [4.69, 9.17) is 0 Å². The first kappa shape index (κ1) is 13.2. The highest BCUT2D eigenvalue weighted by molar-refractivity contribution is 5.94. The van der Waals surface area contributed by atoms with E-state index in [1.54, 1.807) is 25.5 Å². The van der Waals surface area contributed by atoms with Crippen LogP contribution in [0.15, 0.2) is 43.0 Å². The number of aryl methyl sites for hydroxylation is 1. The lowest BCUT2D eigenvalue weighted by atomic mass is 10.1. The van der Waals surface area contributed by atoms with E-state index >= 15 is 0 Å². The molecular weight excluding hydrogens is 266 g/mol. The van der Waals surface area contributed by atoms with Crippen LogP contribution in [0.4, 0.5) is 0 Å². The van der Waals surface area contributed by atoms with E-state index in [0.29, 0.717) is 11.4 Å². The summed E-state index contributed by atoms with van der Waals surface area (Å²) in [5.41, 5.74) is 2.41. The second-order valence-electron chi connectivity index (χ2n) is 4.72. The van der Waals surface area contributed by atoms with Crippen molar-refractivity contribution < 1.29 is 4.79 Å². The van der Waals surface area contributed by atoms with Crippen LogP contribution in [0.3, 0.4) is 0 Å². The molecule has 0 radical (unpaired) electrons. The van der Waals surface area contributed by atoms with Crippen LogP contribution >= 0.6 is 0 Å². The van der Waals surface area contributed by atoms with Crippen LogP contribution < -0.4 is 0 Å². The third-order valence-corrected chi connectivity index (χ3v) is 3.29. The molecule has 2 aromatic heterocycles. The average Bonchev–Trinajstić information content (AvgIpc) is 3.15. The van der Waals surface area contributed by atoms with Gasteiger partial charge in [0.2, 0.25) is 0 Å². The molecule has 0 bridgehead atoms. The van der Waals surface area contributed by atoms with Crippen LogP contribution in [-0.4, -0.2) is 30.3 Å². The zero-order valence-electron chi connectivity index (χ0n) is 11.9. The van der Waals surface area contributed by atoms with Gasteiger partial charge in [0.25, 0.3) is 0 Å². The number of carbonyl (C=O) groups is 1. The Morgan fingerprint density at radius 1 is 1.33 bits per heavy atom. The molecule has 0 N–H and O–H groups in total. The lowest BCUT2D eigenvalue weighted by Gasteiger charge is -2.06. The van der Waals surface area contributed by atoms with Gasteiger partial charge in [-0.15, -0.1) is 10.2 Å². The highest BCUT2D eigenvalue weighted by atomic mass is 16.1. The highest BCUT2D eigenvalue weighted by Gasteiger charge is 2.12. The monoisotopic (exact) mass is 281 g/mol. The second kappa shape index (κ2) is 5.32. The first-order chi connectivity index (χ1) is 10.2. The van der Waals surface area contributed by atoms with Crippen molar-refractivity contribution in [2.45, 2.75) is 20.4 Å². The Balaban J connectivity index is 2.06. The Bertz CT molecular complexity index is 787. The smallest absolute Gasteiger partial charge is 0.171 e. The van der Waals surface area contributed by atoms with Gasteiger partial charge in [0.15, 0.2) is 11.6 Å². The van der Waals surface area contributed by atoms with Gasteiger partial charge >= 0.3 is 0 Å². The zero-order chi connectivity index (χ0) is 14.8. The first-order valence-electron chi connectivity index (χ1n) is 6.73. The second-order valence-corrected chi connectivity index (χ2v) is 4.72. The molecule has 0 spiro atoms. The quantitative estimate of drug-likeness (QED) is 0.688. The van der Waals surface area contributed by atoms with Crippen LogP contribution in [0.2, 0.25) is 0 Å². The molecule has 2 heterocycles. The van der Waals surface area contributed by atoms with Crippen LogP contribution in [0.5, 0.6) is 0 Å². The maximum absolute atomic E-state index is 11.5. The average molecular weight is 281 g/mol. The molecule has 0 unspecified atom stereocenters. The number of rotatable bonds is 4. The summed E-state index contributed by atoms with van der Waals surface area (Å²) in [5.74, 6) is 0.737. The van der Waals surface area contributed by atoms with E-state index in [-0.39, 0.29) is 5.78 Å². The van der Waals surface area contributed by atoms with Crippen molar-refractivity contribution >= 4 is 5.78 Å². The summed E-state index contributed by atoms with van der Waals surface area (Å²) >= 11 is 0. The Kier molecular flexibility index (Phi) is 3.35. The van der Waals surface area contributed by atoms with Crippen molar-refractivity contribution in [3.8, 4) is 17.1 Å². The molecule has 6 nitrogen and oxygen atoms in total. The number of Topliss-reactive ketones (excluding diaryl/α,β-unsaturated/α-hetero) is 1. The fraction of sp³-hybridized carbons (Fsp3) is 0.200. The molecule has 0 aliphatic rings. The van der Waals surface area contributed by atoms with Gasteiger partial charge in [-0.1, -0.05) is 12.1 Å². The first-order valence-corrected chi connectivity index (χ1v) is 6.73. The molecule has 6 heteroatoms. The van der Waals surface area contributed by atoms with Gasteiger partial charge in [0.05, 0.1) is 11.8 Å². The van der Waals surface area contributed by atoms with Crippen molar-refractivity contribution in [2.24, 2.45) is 0 Å². The lowest BCUT2D eigenvalue weighted by molar-refractivity contribution is 0.101. The van der Waals surface area contributed by atoms with E-state index in [2.05, 4.69) is 15.3 Å². The highest BCUT2D eigenvalue weighted by Crippen LogP contribution is 2.20. The van der Waals surface area contributed by atoms with E-state index in [9.17, 15) is 4.79 Å². The summed E-state index contributed by atoms with van der Waals surface area (Å²) in [5, 5.41) is 12.4. The lowest BCUT2D eigenvalue weighted by Crippen LogP contribution is -1.99.